The van der Waals surface area contributed by atoms with Crippen molar-refractivity contribution in [3.63, 3.8) is 0 Å². The van der Waals surface area contributed by atoms with E-state index in [1.807, 2.05) is 0 Å². The maximum Gasteiger partial charge on any atom is 0.217 e. The third kappa shape index (κ3) is 2.04. The molecule has 0 radical (unpaired) electrons. The fraction of sp³-hybridized carbons (Fsp3) is 1.00. The van der Waals surface area contributed by atoms with Crippen molar-refractivity contribution in [2.24, 2.45) is 5.29 Å². The van der Waals surface area contributed by atoms with Gasteiger partial charge in [0.2, 0.25) is 10.0 Å². The third-order valence-electron chi connectivity index (χ3n) is 3.04. The molecule has 1 N–H and O–H groups in total. The molecule has 92 valence electrons. The Bertz CT molecular complexity index is 367. The largest absolute Gasteiger partial charge is 0.394 e. The van der Waals surface area contributed by atoms with Crippen molar-refractivity contribution in [2.75, 3.05) is 26.2 Å². The quantitative estimate of drug-likeness (QED) is 0.655. The first kappa shape index (κ1) is 11.7. The Morgan fingerprint density at radius 3 is 2.50 bits per heavy atom. The summed E-state index contributed by atoms with van der Waals surface area (Å²) in [7, 11) is -3.21. The SMILES string of the molecule is O=NN1CCN(S(=O)(=O)C2CC2)C[C@@H]1CO. The van der Waals surface area contributed by atoms with Crippen LogP contribution in [0.4, 0.5) is 0 Å². The minimum atomic E-state index is -3.21. The van der Waals surface area contributed by atoms with E-state index in [2.05, 4.69) is 5.29 Å². The lowest BCUT2D eigenvalue weighted by atomic mass is 10.2. The van der Waals surface area contributed by atoms with Crippen molar-refractivity contribution >= 4 is 10.0 Å². The highest BCUT2D eigenvalue weighted by Crippen LogP contribution is 2.31. The summed E-state index contributed by atoms with van der Waals surface area (Å²) < 4.78 is 25.2. The Hall–Kier alpha value is -0.730. The number of rotatable bonds is 4. The van der Waals surface area contributed by atoms with Gasteiger partial charge in [0.25, 0.3) is 0 Å². The van der Waals surface area contributed by atoms with Gasteiger partial charge in [-0.1, -0.05) is 0 Å². The van der Waals surface area contributed by atoms with Gasteiger partial charge in [-0.2, -0.15) is 4.31 Å². The van der Waals surface area contributed by atoms with Gasteiger partial charge < -0.3 is 5.11 Å². The zero-order valence-corrected chi connectivity index (χ0v) is 9.64. The first-order valence-electron chi connectivity index (χ1n) is 5.29. The predicted molar refractivity (Wildman–Crippen MR) is 56.9 cm³/mol. The lowest BCUT2D eigenvalue weighted by Crippen LogP contribution is -2.54. The molecule has 1 aliphatic heterocycles. The lowest BCUT2D eigenvalue weighted by Gasteiger charge is -2.36. The summed E-state index contributed by atoms with van der Waals surface area (Å²) >= 11 is 0. The summed E-state index contributed by atoms with van der Waals surface area (Å²) in [6, 6.07) is -0.514. The molecule has 1 saturated carbocycles. The van der Waals surface area contributed by atoms with Gasteiger partial charge in [0, 0.05) is 13.1 Å². The van der Waals surface area contributed by atoms with Crippen LogP contribution in [0.15, 0.2) is 5.29 Å². The normalized spacial score (nSPS) is 28.1. The second kappa shape index (κ2) is 4.27. The molecule has 2 rings (SSSR count). The summed E-state index contributed by atoms with van der Waals surface area (Å²) in [6.07, 6.45) is 1.44. The van der Waals surface area contributed by atoms with Crippen molar-refractivity contribution in [2.45, 2.75) is 24.1 Å². The van der Waals surface area contributed by atoms with E-state index in [1.54, 1.807) is 0 Å². The summed E-state index contributed by atoms with van der Waals surface area (Å²) in [5.74, 6) is 0. The molecule has 0 aromatic rings. The average Bonchev–Trinajstić information content (AvgIpc) is 3.12. The summed E-state index contributed by atoms with van der Waals surface area (Å²) in [5.41, 5.74) is 0. The Kier molecular flexibility index (Phi) is 3.13. The molecule has 0 bridgehead atoms. The van der Waals surface area contributed by atoms with E-state index in [9.17, 15) is 13.3 Å². The molecule has 0 amide bonds. The van der Waals surface area contributed by atoms with Crippen molar-refractivity contribution in [1.29, 1.82) is 0 Å². The number of piperazine rings is 1. The van der Waals surface area contributed by atoms with E-state index < -0.39 is 16.1 Å². The highest BCUT2D eigenvalue weighted by Gasteiger charge is 2.42. The predicted octanol–water partition coefficient (Wildman–Crippen LogP) is -0.861. The molecule has 1 heterocycles. The van der Waals surface area contributed by atoms with Gasteiger partial charge in [0.15, 0.2) is 0 Å². The zero-order valence-electron chi connectivity index (χ0n) is 8.82. The maximum atomic E-state index is 11.9. The first-order valence-corrected chi connectivity index (χ1v) is 6.79. The van der Waals surface area contributed by atoms with Crippen LogP contribution in [0.25, 0.3) is 0 Å². The van der Waals surface area contributed by atoms with Crippen LogP contribution in [-0.2, 0) is 10.0 Å². The van der Waals surface area contributed by atoms with Crippen molar-refractivity contribution in [1.82, 2.24) is 9.31 Å². The number of sulfonamides is 1. The van der Waals surface area contributed by atoms with Crippen LogP contribution in [0.5, 0.6) is 0 Å². The molecule has 0 aromatic heterocycles. The van der Waals surface area contributed by atoms with Gasteiger partial charge in [0.05, 0.1) is 29.7 Å². The van der Waals surface area contributed by atoms with Gasteiger partial charge in [-0.25, -0.2) is 8.42 Å². The summed E-state index contributed by atoms with van der Waals surface area (Å²) in [5, 5.41) is 12.8. The number of nitrogens with zero attached hydrogens (tertiary/aromatic N) is 3. The van der Waals surface area contributed by atoms with Crippen LogP contribution in [0, 0.1) is 4.91 Å². The molecule has 1 aliphatic carbocycles. The number of hydrogen-bond donors (Lipinski definition) is 1. The maximum absolute atomic E-state index is 11.9. The van der Waals surface area contributed by atoms with E-state index in [0.29, 0.717) is 0 Å². The number of hydrogen-bond acceptors (Lipinski definition) is 5. The molecule has 16 heavy (non-hydrogen) atoms. The molecule has 7 nitrogen and oxygen atoms in total. The molecular weight excluding hydrogens is 234 g/mol. The van der Waals surface area contributed by atoms with Crippen LogP contribution >= 0.6 is 0 Å². The van der Waals surface area contributed by atoms with Crippen LogP contribution < -0.4 is 0 Å². The molecule has 8 heteroatoms. The smallest absolute Gasteiger partial charge is 0.217 e. The summed E-state index contributed by atoms with van der Waals surface area (Å²) in [6.45, 7) is 0.422. The second-order valence-electron chi connectivity index (χ2n) is 4.18. The number of nitroso groups, excluding NO2 is 1. The molecule has 2 fully saturated rings. The minimum absolute atomic E-state index is 0.154. The van der Waals surface area contributed by atoms with E-state index in [1.165, 1.54) is 9.31 Å². The van der Waals surface area contributed by atoms with E-state index in [0.717, 1.165) is 12.8 Å². The lowest BCUT2D eigenvalue weighted by molar-refractivity contribution is 0.0722. The monoisotopic (exact) mass is 249 g/mol. The highest BCUT2D eigenvalue weighted by molar-refractivity contribution is 7.90. The molecule has 0 unspecified atom stereocenters. The van der Waals surface area contributed by atoms with Gasteiger partial charge >= 0.3 is 0 Å². The second-order valence-corrected chi connectivity index (χ2v) is 6.40. The Balaban J connectivity index is 2.06. The van der Waals surface area contributed by atoms with Crippen LogP contribution in [0.2, 0.25) is 0 Å². The third-order valence-corrected chi connectivity index (χ3v) is 5.40. The number of aliphatic hydroxyl groups excluding tert-OH is 1. The fourth-order valence-corrected chi connectivity index (χ4v) is 3.75. The van der Waals surface area contributed by atoms with Crippen molar-refractivity contribution < 1.29 is 13.5 Å². The summed E-state index contributed by atoms with van der Waals surface area (Å²) in [4.78, 5) is 10.4. The van der Waals surface area contributed by atoms with Gasteiger partial charge in [-0.3, -0.25) is 5.01 Å². The molecule has 0 spiro atoms. The van der Waals surface area contributed by atoms with Crippen molar-refractivity contribution in [3.05, 3.63) is 4.91 Å². The Morgan fingerprint density at radius 1 is 1.31 bits per heavy atom. The van der Waals surface area contributed by atoms with Crippen LogP contribution in [-0.4, -0.2) is 60.4 Å². The van der Waals surface area contributed by atoms with E-state index in [4.69, 9.17) is 5.11 Å². The zero-order chi connectivity index (χ0) is 11.8. The Morgan fingerprint density at radius 2 is 2.00 bits per heavy atom. The van der Waals surface area contributed by atoms with Gasteiger partial charge in [-0.15, -0.1) is 4.91 Å². The molecule has 2 aliphatic rings. The minimum Gasteiger partial charge on any atom is -0.394 e. The average molecular weight is 249 g/mol. The topological polar surface area (TPSA) is 90.3 Å². The molecular formula is C8H15N3O4S. The first-order chi connectivity index (χ1) is 7.59. The van der Waals surface area contributed by atoms with E-state index in [-0.39, 0.29) is 31.5 Å². The molecule has 1 saturated heterocycles. The van der Waals surface area contributed by atoms with Crippen molar-refractivity contribution in [3.8, 4) is 0 Å². The molecule has 1 atom stereocenters. The van der Waals surface area contributed by atoms with Gasteiger partial charge in [0.1, 0.15) is 0 Å². The fourth-order valence-electron chi connectivity index (χ4n) is 1.88. The standard InChI is InChI=1S/C8H15N3O4S/c12-6-7-5-10(3-4-11(7)9-13)16(14,15)8-1-2-8/h7-8,12H,1-6H2/t7-/m1/s1. The van der Waals surface area contributed by atoms with E-state index >= 15 is 0 Å². The van der Waals surface area contributed by atoms with Crippen LogP contribution in [0.1, 0.15) is 12.8 Å². The highest BCUT2D eigenvalue weighted by atomic mass is 32.2. The number of aliphatic hydroxyl groups is 1. The van der Waals surface area contributed by atoms with Gasteiger partial charge in [-0.05, 0) is 12.8 Å². The molecule has 0 aromatic carbocycles. The Labute approximate surface area is 94.0 Å². The van der Waals surface area contributed by atoms with Crippen LogP contribution in [0.3, 0.4) is 0 Å².